The molecule has 21 heavy (non-hydrogen) atoms. The van der Waals surface area contributed by atoms with Gasteiger partial charge in [0, 0.05) is 31.6 Å². The van der Waals surface area contributed by atoms with E-state index in [1.165, 1.54) is 42.9 Å². The lowest BCUT2D eigenvalue weighted by molar-refractivity contribution is -0.384. The van der Waals surface area contributed by atoms with Gasteiger partial charge in [0.25, 0.3) is 17.2 Å². The van der Waals surface area contributed by atoms with E-state index >= 15 is 0 Å². The fourth-order valence-electron chi connectivity index (χ4n) is 1.87. The quantitative estimate of drug-likeness (QED) is 0.655. The molecule has 0 saturated carbocycles. The monoisotopic (exact) mass is 291 g/mol. The first-order valence-electron chi connectivity index (χ1n) is 6.05. The molecule has 1 N–H and O–H groups in total. The van der Waals surface area contributed by atoms with E-state index in [2.05, 4.69) is 5.32 Å². The number of amides is 1. The predicted molar refractivity (Wildman–Crippen MR) is 75.4 cm³/mol. The van der Waals surface area contributed by atoms with Crippen molar-refractivity contribution in [1.82, 2.24) is 9.88 Å². The van der Waals surface area contributed by atoms with E-state index in [1.54, 1.807) is 0 Å². The molecule has 1 amide bonds. The molecule has 1 heterocycles. The summed E-state index contributed by atoms with van der Waals surface area (Å²) in [6, 6.07) is 5.57. The largest absolute Gasteiger partial charge is 0.478 e. The molecule has 0 fully saturated rings. The Hall–Kier alpha value is -2.90. The summed E-state index contributed by atoms with van der Waals surface area (Å²) in [6.45, 7) is -0.299. The van der Waals surface area contributed by atoms with Crippen LogP contribution in [-0.2, 0) is 11.8 Å². The molecule has 2 rings (SSSR count). The Balaban J connectivity index is 2.51. The fourth-order valence-corrected chi connectivity index (χ4v) is 1.87. The highest BCUT2D eigenvalue weighted by molar-refractivity contribution is 5.83. The van der Waals surface area contributed by atoms with Crippen molar-refractivity contribution >= 4 is 22.5 Å². The maximum absolute atomic E-state index is 12.1. The molecule has 110 valence electrons. The minimum Gasteiger partial charge on any atom is -0.478 e. The van der Waals surface area contributed by atoms with E-state index in [0.29, 0.717) is 10.9 Å². The van der Waals surface area contributed by atoms with Crippen LogP contribution in [0.2, 0.25) is 0 Å². The number of carbonyl (C=O) groups is 1. The molecule has 0 bridgehead atoms. The predicted octanol–water partition coefficient (Wildman–Crippen LogP) is 0.571. The highest BCUT2D eigenvalue weighted by Gasteiger charge is 2.12. The van der Waals surface area contributed by atoms with Crippen LogP contribution in [0.4, 0.5) is 5.69 Å². The van der Waals surface area contributed by atoms with Crippen molar-refractivity contribution in [2.75, 3.05) is 13.7 Å². The van der Waals surface area contributed by atoms with E-state index in [4.69, 9.17) is 4.74 Å². The number of aryl methyl sites for hydroxylation is 1. The van der Waals surface area contributed by atoms with Gasteiger partial charge in [-0.3, -0.25) is 19.7 Å². The standard InChI is InChI=1S/C13H13N3O5/c1-14-12(17)7-21-11-6-8-5-9(16(19)20)3-4-10(8)15(2)13(11)18/h3-6H,7H2,1-2H3,(H,14,17). The molecule has 2 aromatic rings. The number of carbonyl (C=O) groups excluding carboxylic acids is 1. The van der Waals surface area contributed by atoms with Crippen molar-refractivity contribution < 1.29 is 14.5 Å². The van der Waals surface area contributed by atoms with Gasteiger partial charge in [0.15, 0.2) is 12.4 Å². The molecule has 0 saturated heterocycles. The van der Waals surface area contributed by atoms with Crippen molar-refractivity contribution in [3.63, 3.8) is 0 Å². The van der Waals surface area contributed by atoms with Crippen molar-refractivity contribution in [3.8, 4) is 5.75 Å². The molecule has 0 aliphatic carbocycles. The van der Waals surface area contributed by atoms with E-state index in [1.807, 2.05) is 0 Å². The van der Waals surface area contributed by atoms with Gasteiger partial charge in [-0.2, -0.15) is 0 Å². The highest BCUT2D eigenvalue weighted by atomic mass is 16.6. The van der Waals surface area contributed by atoms with E-state index < -0.39 is 10.5 Å². The first-order valence-corrected chi connectivity index (χ1v) is 6.05. The number of non-ortho nitro benzene ring substituents is 1. The second-order valence-electron chi connectivity index (χ2n) is 4.33. The van der Waals surface area contributed by atoms with Crippen LogP contribution in [-0.4, -0.2) is 29.1 Å². The van der Waals surface area contributed by atoms with Crippen molar-refractivity contribution in [1.29, 1.82) is 0 Å². The van der Waals surface area contributed by atoms with Crippen LogP contribution >= 0.6 is 0 Å². The minimum atomic E-state index is -0.518. The number of nitrogens with zero attached hydrogens (tertiary/aromatic N) is 2. The summed E-state index contributed by atoms with van der Waals surface area (Å²) < 4.78 is 6.48. The van der Waals surface area contributed by atoms with Crippen LogP contribution in [0.15, 0.2) is 29.1 Å². The number of hydrogen-bond donors (Lipinski definition) is 1. The number of fused-ring (bicyclic) bond motifs is 1. The van der Waals surface area contributed by atoms with Gasteiger partial charge in [-0.25, -0.2) is 0 Å². The third-order valence-corrected chi connectivity index (χ3v) is 3.02. The minimum absolute atomic E-state index is 0.0332. The van der Waals surface area contributed by atoms with Crippen LogP contribution in [0, 0.1) is 10.1 Å². The van der Waals surface area contributed by atoms with Gasteiger partial charge in [-0.15, -0.1) is 0 Å². The number of benzene rings is 1. The number of hydrogen-bond acceptors (Lipinski definition) is 5. The fraction of sp³-hybridized carbons (Fsp3) is 0.231. The lowest BCUT2D eigenvalue weighted by atomic mass is 10.2. The van der Waals surface area contributed by atoms with Crippen LogP contribution in [0.1, 0.15) is 0 Å². The maximum Gasteiger partial charge on any atom is 0.293 e. The molecular formula is C13H13N3O5. The summed E-state index contributed by atoms with van der Waals surface area (Å²) in [6.07, 6.45) is 0. The maximum atomic E-state index is 12.1. The molecule has 1 aromatic carbocycles. The summed E-state index contributed by atoms with van der Waals surface area (Å²) >= 11 is 0. The lowest BCUT2D eigenvalue weighted by Crippen LogP contribution is -2.27. The van der Waals surface area contributed by atoms with Gasteiger partial charge in [0.1, 0.15) is 0 Å². The zero-order valence-corrected chi connectivity index (χ0v) is 11.5. The SMILES string of the molecule is CNC(=O)COc1cc2cc([N+](=O)[O-])ccc2n(C)c1=O. The number of likely N-dealkylation sites (N-methyl/N-ethyl adjacent to an activating group) is 1. The number of nitro benzene ring substituents is 1. The number of nitro groups is 1. The summed E-state index contributed by atoms with van der Waals surface area (Å²) in [7, 11) is 2.98. The van der Waals surface area contributed by atoms with Crippen molar-refractivity contribution in [2.45, 2.75) is 0 Å². The number of aromatic nitrogens is 1. The Morgan fingerprint density at radius 1 is 1.43 bits per heavy atom. The molecule has 0 atom stereocenters. The van der Waals surface area contributed by atoms with E-state index in [9.17, 15) is 19.7 Å². The second kappa shape index (κ2) is 5.61. The number of nitrogens with one attached hydrogen (secondary N) is 1. The van der Waals surface area contributed by atoms with Crippen LogP contribution < -0.4 is 15.6 Å². The van der Waals surface area contributed by atoms with Crippen molar-refractivity contribution in [2.24, 2.45) is 7.05 Å². The Morgan fingerprint density at radius 3 is 2.76 bits per heavy atom. The molecule has 1 aromatic heterocycles. The first-order chi connectivity index (χ1) is 9.93. The van der Waals surface area contributed by atoms with E-state index in [0.717, 1.165) is 0 Å². The third-order valence-electron chi connectivity index (χ3n) is 3.02. The third kappa shape index (κ3) is 2.83. The smallest absolute Gasteiger partial charge is 0.293 e. The highest BCUT2D eigenvalue weighted by Crippen LogP contribution is 2.22. The van der Waals surface area contributed by atoms with Crippen LogP contribution in [0.25, 0.3) is 10.9 Å². The first kappa shape index (κ1) is 14.5. The topological polar surface area (TPSA) is 103 Å². The molecule has 8 nitrogen and oxygen atoms in total. The zero-order chi connectivity index (χ0) is 15.6. The van der Waals surface area contributed by atoms with Gasteiger partial charge in [-0.1, -0.05) is 0 Å². The summed E-state index contributed by atoms with van der Waals surface area (Å²) in [5, 5.41) is 13.6. The Labute approximate surface area is 119 Å². The second-order valence-corrected chi connectivity index (χ2v) is 4.33. The molecule has 0 aliphatic rings. The van der Waals surface area contributed by atoms with Gasteiger partial charge >= 0.3 is 0 Å². The number of ether oxygens (including phenoxy) is 1. The summed E-state index contributed by atoms with van der Waals surface area (Å²) in [5.74, 6) is -0.412. The Kier molecular flexibility index (Phi) is 3.88. The van der Waals surface area contributed by atoms with E-state index in [-0.39, 0.29) is 24.0 Å². The molecular weight excluding hydrogens is 278 g/mol. The average molecular weight is 291 g/mol. The van der Waals surface area contributed by atoms with Crippen LogP contribution in [0.5, 0.6) is 5.75 Å². The Morgan fingerprint density at radius 2 is 2.14 bits per heavy atom. The summed E-state index contributed by atoms with van der Waals surface area (Å²) in [5.41, 5.74) is 0.0385. The number of pyridine rings is 1. The molecule has 0 unspecified atom stereocenters. The van der Waals surface area contributed by atoms with Gasteiger partial charge < -0.3 is 14.6 Å². The van der Waals surface area contributed by atoms with Crippen LogP contribution in [0.3, 0.4) is 0 Å². The Bertz CT molecular complexity index is 781. The molecule has 0 spiro atoms. The molecule has 0 aliphatic heterocycles. The lowest BCUT2D eigenvalue weighted by Gasteiger charge is -2.09. The van der Waals surface area contributed by atoms with Crippen molar-refractivity contribution in [3.05, 3.63) is 44.7 Å². The summed E-state index contributed by atoms with van der Waals surface area (Å²) in [4.78, 5) is 33.5. The van der Waals surface area contributed by atoms with Gasteiger partial charge in [-0.05, 0) is 12.1 Å². The van der Waals surface area contributed by atoms with Gasteiger partial charge in [0.2, 0.25) is 0 Å². The average Bonchev–Trinajstić information content (AvgIpc) is 2.48. The normalized spacial score (nSPS) is 10.4. The molecule has 8 heteroatoms. The van der Waals surface area contributed by atoms with Gasteiger partial charge in [0.05, 0.1) is 10.4 Å². The number of rotatable bonds is 4. The zero-order valence-electron chi connectivity index (χ0n) is 11.5. The molecule has 0 radical (unpaired) electrons.